The number of benzene rings is 2. The van der Waals surface area contributed by atoms with Gasteiger partial charge in [-0.2, -0.15) is 0 Å². The first kappa shape index (κ1) is 12.8. The smallest absolute Gasteiger partial charge is 0.260 e. The lowest BCUT2D eigenvalue weighted by atomic mass is 10.1. The number of ether oxygens (including phenoxy) is 1. The van der Waals surface area contributed by atoms with E-state index in [-0.39, 0.29) is 12.5 Å². The summed E-state index contributed by atoms with van der Waals surface area (Å²) in [6.45, 7) is 0.0703. The Morgan fingerprint density at radius 1 is 1.25 bits per heavy atom. The monoisotopic (exact) mass is 270 g/mol. The summed E-state index contributed by atoms with van der Waals surface area (Å²) in [6.07, 6.45) is 2.21. The molecule has 0 atom stereocenters. The molecule has 0 saturated heterocycles. The fraction of sp³-hybridized carbons (Fsp3) is 0.312. The maximum absolute atomic E-state index is 12.0. The number of nitrogens with two attached hydrogens (primary N) is 1. The molecule has 2 N–H and O–H groups in total. The average molecular weight is 270 g/mol. The maximum atomic E-state index is 12.0. The number of nitrogens with zero attached hydrogens (tertiary/aromatic N) is 1. The minimum absolute atomic E-state index is 0.0217. The van der Waals surface area contributed by atoms with E-state index in [2.05, 4.69) is 0 Å². The summed E-state index contributed by atoms with van der Waals surface area (Å²) >= 11 is 0. The lowest BCUT2D eigenvalue weighted by Crippen LogP contribution is -2.33. The summed E-state index contributed by atoms with van der Waals surface area (Å²) < 4.78 is 5.69. The molecule has 104 valence electrons. The zero-order valence-electron chi connectivity index (χ0n) is 11.5. The Hall–Kier alpha value is -2.23. The number of hydrogen-bond donors (Lipinski definition) is 1. The molecule has 1 saturated carbocycles. The molecule has 2 aromatic rings. The Labute approximate surface area is 118 Å². The number of amides is 1. The minimum atomic E-state index is 0.0217. The molecular formula is C16H18N2O2. The van der Waals surface area contributed by atoms with E-state index >= 15 is 0 Å². The van der Waals surface area contributed by atoms with Gasteiger partial charge in [0.1, 0.15) is 5.75 Å². The summed E-state index contributed by atoms with van der Waals surface area (Å²) in [5, 5.41) is 1.89. The highest BCUT2D eigenvalue weighted by Gasteiger charge is 2.29. The molecule has 20 heavy (non-hydrogen) atoms. The fourth-order valence-corrected chi connectivity index (χ4v) is 2.33. The molecular weight excluding hydrogens is 252 g/mol. The third-order valence-electron chi connectivity index (χ3n) is 3.76. The predicted molar refractivity (Wildman–Crippen MR) is 79.6 cm³/mol. The van der Waals surface area contributed by atoms with Crippen molar-refractivity contribution in [3.63, 3.8) is 0 Å². The van der Waals surface area contributed by atoms with E-state index in [9.17, 15) is 4.79 Å². The highest BCUT2D eigenvalue weighted by Crippen LogP contribution is 2.30. The van der Waals surface area contributed by atoms with Crippen molar-refractivity contribution < 1.29 is 9.53 Å². The van der Waals surface area contributed by atoms with Crippen LogP contribution in [0.1, 0.15) is 12.8 Å². The van der Waals surface area contributed by atoms with Gasteiger partial charge in [0.15, 0.2) is 6.61 Å². The molecule has 0 aromatic heterocycles. The van der Waals surface area contributed by atoms with Gasteiger partial charge in [-0.25, -0.2) is 0 Å². The van der Waals surface area contributed by atoms with Crippen molar-refractivity contribution in [2.24, 2.45) is 0 Å². The minimum Gasteiger partial charge on any atom is -0.483 e. The fourth-order valence-electron chi connectivity index (χ4n) is 2.33. The van der Waals surface area contributed by atoms with Crippen LogP contribution >= 0.6 is 0 Å². The summed E-state index contributed by atoms with van der Waals surface area (Å²) in [5.74, 6) is 0.723. The van der Waals surface area contributed by atoms with Gasteiger partial charge in [0.2, 0.25) is 0 Å². The van der Waals surface area contributed by atoms with E-state index in [0.717, 1.165) is 29.3 Å². The topological polar surface area (TPSA) is 55.6 Å². The van der Waals surface area contributed by atoms with Crippen LogP contribution in [0.5, 0.6) is 5.75 Å². The first-order valence-corrected chi connectivity index (χ1v) is 6.82. The highest BCUT2D eigenvalue weighted by atomic mass is 16.5. The van der Waals surface area contributed by atoms with Crippen LogP contribution in [0.2, 0.25) is 0 Å². The Balaban J connectivity index is 1.77. The van der Waals surface area contributed by atoms with Crippen LogP contribution in [0, 0.1) is 0 Å². The zero-order chi connectivity index (χ0) is 14.1. The van der Waals surface area contributed by atoms with Crippen molar-refractivity contribution in [3.8, 4) is 5.75 Å². The number of fused-ring (bicyclic) bond motifs is 1. The van der Waals surface area contributed by atoms with Crippen LogP contribution in [0.15, 0.2) is 36.4 Å². The molecule has 0 spiro atoms. The summed E-state index contributed by atoms with van der Waals surface area (Å²) in [5.41, 5.74) is 6.66. The lowest BCUT2D eigenvalue weighted by Gasteiger charge is -2.17. The third kappa shape index (κ3) is 2.41. The first-order valence-electron chi connectivity index (χ1n) is 6.82. The highest BCUT2D eigenvalue weighted by molar-refractivity contribution is 5.97. The number of anilines is 1. The standard InChI is InChI=1S/C16H18N2O2/c1-18(11-6-7-11)16(19)10-20-15-9-8-14(17)12-4-2-3-5-13(12)15/h2-5,8-9,11H,6-7,10,17H2,1H3. The van der Waals surface area contributed by atoms with E-state index in [0.29, 0.717) is 11.8 Å². The maximum Gasteiger partial charge on any atom is 0.260 e. The van der Waals surface area contributed by atoms with Crippen LogP contribution in [0.4, 0.5) is 5.69 Å². The predicted octanol–water partition coefficient (Wildman–Crippen LogP) is 2.42. The van der Waals surface area contributed by atoms with Gasteiger partial charge in [0.25, 0.3) is 5.91 Å². The molecule has 0 bridgehead atoms. The molecule has 1 amide bonds. The molecule has 4 heteroatoms. The molecule has 1 aliphatic carbocycles. The Bertz CT molecular complexity index is 650. The molecule has 0 unspecified atom stereocenters. The second-order valence-corrected chi connectivity index (χ2v) is 5.22. The van der Waals surface area contributed by atoms with Crippen molar-refractivity contribution >= 4 is 22.4 Å². The summed E-state index contributed by atoms with van der Waals surface area (Å²) in [6, 6.07) is 11.8. The van der Waals surface area contributed by atoms with Gasteiger partial charge >= 0.3 is 0 Å². The SMILES string of the molecule is CN(C(=O)COc1ccc(N)c2ccccc12)C1CC1. The van der Waals surface area contributed by atoms with Gasteiger partial charge in [-0.05, 0) is 25.0 Å². The van der Waals surface area contributed by atoms with Crippen LogP contribution in [-0.2, 0) is 4.79 Å². The van der Waals surface area contributed by atoms with Gasteiger partial charge in [0, 0.05) is 29.5 Å². The molecule has 0 aliphatic heterocycles. The Morgan fingerprint density at radius 3 is 2.65 bits per heavy atom. The van der Waals surface area contributed by atoms with Gasteiger partial charge in [-0.15, -0.1) is 0 Å². The van der Waals surface area contributed by atoms with Gasteiger partial charge < -0.3 is 15.4 Å². The van der Waals surface area contributed by atoms with Gasteiger partial charge in [0.05, 0.1) is 0 Å². The number of nitrogen functional groups attached to an aromatic ring is 1. The summed E-state index contributed by atoms with van der Waals surface area (Å²) in [4.78, 5) is 13.8. The molecule has 1 aliphatic rings. The Kier molecular flexibility index (Phi) is 3.22. The Morgan fingerprint density at radius 2 is 1.95 bits per heavy atom. The molecule has 2 aromatic carbocycles. The first-order chi connectivity index (χ1) is 9.66. The van der Waals surface area contributed by atoms with Gasteiger partial charge in [-0.3, -0.25) is 4.79 Å². The van der Waals surface area contributed by atoms with E-state index in [1.807, 2.05) is 43.4 Å². The van der Waals surface area contributed by atoms with E-state index in [1.165, 1.54) is 0 Å². The number of hydrogen-bond acceptors (Lipinski definition) is 3. The lowest BCUT2D eigenvalue weighted by molar-refractivity contribution is -0.132. The number of carbonyl (C=O) groups is 1. The largest absolute Gasteiger partial charge is 0.483 e. The van der Waals surface area contributed by atoms with Gasteiger partial charge in [-0.1, -0.05) is 24.3 Å². The number of likely N-dealkylation sites (N-methyl/N-ethyl adjacent to an activating group) is 1. The molecule has 4 nitrogen and oxygen atoms in total. The quantitative estimate of drug-likeness (QED) is 0.868. The van der Waals surface area contributed by atoms with Crippen LogP contribution in [-0.4, -0.2) is 30.5 Å². The molecule has 3 rings (SSSR count). The second kappa shape index (κ2) is 5.04. The number of rotatable bonds is 4. The van der Waals surface area contributed by atoms with Crippen LogP contribution in [0.25, 0.3) is 10.8 Å². The normalized spacial score (nSPS) is 14.2. The average Bonchev–Trinajstić information content (AvgIpc) is 3.30. The zero-order valence-corrected chi connectivity index (χ0v) is 11.5. The van der Waals surface area contributed by atoms with Crippen molar-refractivity contribution in [1.29, 1.82) is 0 Å². The van der Waals surface area contributed by atoms with E-state index < -0.39 is 0 Å². The van der Waals surface area contributed by atoms with Crippen molar-refractivity contribution in [2.75, 3.05) is 19.4 Å². The second-order valence-electron chi connectivity index (χ2n) is 5.22. The van der Waals surface area contributed by atoms with E-state index in [1.54, 1.807) is 4.90 Å². The number of carbonyl (C=O) groups excluding carboxylic acids is 1. The molecule has 0 radical (unpaired) electrons. The van der Waals surface area contributed by atoms with Crippen molar-refractivity contribution in [1.82, 2.24) is 4.90 Å². The molecule has 0 heterocycles. The third-order valence-corrected chi connectivity index (χ3v) is 3.76. The van der Waals surface area contributed by atoms with Crippen molar-refractivity contribution in [2.45, 2.75) is 18.9 Å². The van der Waals surface area contributed by atoms with E-state index in [4.69, 9.17) is 10.5 Å². The van der Waals surface area contributed by atoms with Crippen LogP contribution < -0.4 is 10.5 Å². The summed E-state index contributed by atoms with van der Waals surface area (Å²) in [7, 11) is 1.84. The molecule has 1 fully saturated rings. The van der Waals surface area contributed by atoms with Crippen LogP contribution in [0.3, 0.4) is 0 Å². The van der Waals surface area contributed by atoms with Crippen molar-refractivity contribution in [3.05, 3.63) is 36.4 Å².